The topological polar surface area (TPSA) is 99.8 Å². The highest BCUT2D eigenvalue weighted by Crippen LogP contribution is 2.33. The molecule has 154 valence electrons. The normalized spacial score (nSPS) is 31.6. The number of ether oxygens (including phenoxy) is 1. The van der Waals surface area contributed by atoms with Gasteiger partial charge in [-0.15, -0.1) is 0 Å². The molecule has 3 saturated heterocycles. The van der Waals surface area contributed by atoms with Gasteiger partial charge in [0.2, 0.25) is 11.8 Å². The summed E-state index contributed by atoms with van der Waals surface area (Å²) in [6, 6.07) is 5.57. The van der Waals surface area contributed by atoms with Crippen molar-refractivity contribution in [2.75, 3.05) is 19.7 Å². The zero-order valence-electron chi connectivity index (χ0n) is 16.3. The van der Waals surface area contributed by atoms with Crippen molar-refractivity contribution in [1.29, 1.82) is 0 Å². The van der Waals surface area contributed by atoms with E-state index in [1.807, 2.05) is 18.2 Å². The van der Waals surface area contributed by atoms with Crippen LogP contribution in [0.5, 0.6) is 0 Å². The molecule has 0 saturated carbocycles. The van der Waals surface area contributed by atoms with E-state index in [0.29, 0.717) is 31.7 Å². The van der Waals surface area contributed by atoms with Crippen LogP contribution in [-0.2, 0) is 27.4 Å². The molecule has 0 aliphatic carbocycles. The first-order chi connectivity index (χ1) is 14.0. The SMILES string of the molecule is O=C1CCC(N2Cc3cccc(CNC4COC5(CCNC5)C4)c3C2=O)C(=O)N1. The summed E-state index contributed by atoms with van der Waals surface area (Å²) in [6.45, 7) is 3.60. The average Bonchev–Trinajstić information content (AvgIpc) is 3.41. The third-order valence-electron chi connectivity index (χ3n) is 6.63. The Hall–Kier alpha value is -2.29. The number of piperidine rings is 1. The zero-order valence-corrected chi connectivity index (χ0v) is 16.3. The summed E-state index contributed by atoms with van der Waals surface area (Å²) in [5.74, 6) is -0.763. The van der Waals surface area contributed by atoms with Crippen molar-refractivity contribution in [3.8, 4) is 0 Å². The lowest BCUT2D eigenvalue weighted by molar-refractivity contribution is -0.136. The Bertz CT molecular complexity index is 864. The monoisotopic (exact) mass is 398 g/mol. The Kier molecular flexibility index (Phi) is 4.64. The molecule has 0 aromatic heterocycles. The zero-order chi connectivity index (χ0) is 20.0. The maximum Gasteiger partial charge on any atom is 0.255 e. The fraction of sp³-hybridized carbons (Fsp3) is 0.571. The number of imide groups is 1. The number of amides is 3. The minimum absolute atomic E-state index is 0.0330. The lowest BCUT2D eigenvalue weighted by Crippen LogP contribution is -2.52. The van der Waals surface area contributed by atoms with Gasteiger partial charge in [0.25, 0.3) is 5.91 Å². The maximum absolute atomic E-state index is 13.1. The highest BCUT2D eigenvalue weighted by molar-refractivity contribution is 6.05. The van der Waals surface area contributed by atoms with Crippen molar-refractivity contribution in [1.82, 2.24) is 20.9 Å². The van der Waals surface area contributed by atoms with Crippen LogP contribution in [0.1, 0.15) is 47.2 Å². The molecular formula is C21H26N4O4. The van der Waals surface area contributed by atoms with Gasteiger partial charge in [-0.1, -0.05) is 18.2 Å². The minimum atomic E-state index is -0.577. The molecule has 8 nitrogen and oxygen atoms in total. The van der Waals surface area contributed by atoms with Crippen molar-refractivity contribution >= 4 is 17.7 Å². The van der Waals surface area contributed by atoms with E-state index in [1.165, 1.54) is 0 Å². The van der Waals surface area contributed by atoms with E-state index >= 15 is 0 Å². The van der Waals surface area contributed by atoms with E-state index < -0.39 is 6.04 Å². The van der Waals surface area contributed by atoms with E-state index in [9.17, 15) is 14.4 Å². The second-order valence-corrected chi connectivity index (χ2v) is 8.55. The quantitative estimate of drug-likeness (QED) is 0.621. The number of nitrogens with one attached hydrogen (secondary N) is 3. The highest BCUT2D eigenvalue weighted by atomic mass is 16.5. The number of hydrogen-bond donors (Lipinski definition) is 3. The summed E-state index contributed by atoms with van der Waals surface area (Å²) >= 11 is 0. The fourth-order valence-corrected chi connectivity index (χ4v) is 5.09. The molecule has 8 heteroatoms. The lowest BCUT2D eigenvalue weighted by Gasteiger charge is -2.29. The molecule has 3 fully saturated rings. The van der Waals surface area contributed by atoms with Gasteiger partial charge in [-0.05, 0) is 36.9 Å². The predicted octanol–water partition coefficient (Wildman–Crippen LogP) is 0.0582. The molecule has 1 aromatic rings. The maximum atomic E-state index is 13.1. The number of carbonyl (C=O) groups excluding carboxylic acids is 3. The van der Waals surface area contributed by atoms with Gasteiger partial charge >= 0.3 is 0 Å². The van der Waals surface area contributed by atoms with Gasteiger partial charge in [-0.2, -0.15) is 0 Å². The van der Waals surface area contributed by atoms with Gasteiger partial charge in [0.1, 0.15) is 6.04 Å². The van der Waals surface area contributed by atoms with Crippen LogP contribution in [0.2, 0.25) is 0 Å². The number of hydrogen-bond acceptors (Lipinski definition) is 6. The van der Waals surface area contributed by atoms with E-state index in [4.69, 9.17) is 4.74 Å². The second kappa shape index (κ2) is 7.19. The summed E-state index contributed by atoms with van der Waals surface area (Å²) in [7, 11) is 0. The third kappa shape index (κ3) is 3.35. The van der Waals surface area contributed by atoms with Crippen LogP contribution in [0.3, 0.4) is 0 Å². The minimum Gasteiger partial charge on any atom is -0.372 e. The molecule has 4 aliphatic rings. The first-order valence-corrected chi connectivity index (χ1v) is 10.4. The van der Waals surface area contributed by atoms with Crippen molar-refractivity contribution < 1.29 is 19.1 Å². The van der Waals surface area contributed by atoms with Crippen molar-refractivity contribution in [3.63, 3.8) is 0 Å². The first-order valence-electron chi connectivity index (χ1n) is 10.4. The largest absolute Gasteiger partial charge is 0.372 e. The second-order valence-electron chi connectivity index (χ2n) is 8.55. The Morgan fingerprint density at radius 3 is 2.97 bits per heavy atom. The van der Waals surface area contributed by atoms with Gasteiger partial charge in [0.15, 0.2) is 0 Å². The van der Waals surface area contributed by atoms with Crippen molar-refractivity contribution in [3.05, 3.63) is 34.9 Å². The van der Waals surface area contributed by atoms with Crippen LogP contribution in [0.15, 0.2) is 18.2 Å². The molecule has 3 unspecified atom stereocenters. The van der Waals surface area contributed by atoms with Crippen LogP contribution >= 0.6 is 0 Å². The molecule has 3 atom stereocenters. The van der Waals surface area contributed by atoms with Crippen LogP contribution in [0.4, 0.5) is 0 Å². The molecule has 3 N–H and O–H groups in total. The molecule has 0 bridgehead atoms. The van der Waals surface area contributed by atoms with Gasteiger partial charge in [0, 0.05) is 37.7 Å². The van der Waals surface area contributed by atoms with Gasteiger partial charge in [0.05, 0.1) is 12.2 Å². The molecule has 4 aliphatic heterocycles. The molecule has 3 amide bonds. The standard InChI is InChI=1S/C21H26N4O4/c26-17-5-4-16(19(27)24-17)25-10-14-3-1-2-13(18(14)20(25)28)9-23-15-8-21(29-11-15)6-7-22-12-21/h1-3,15-16,22-23H,4-12H2,(H,24,26,27). The molecule has 1 aromatic carbocycles. The van der Waals surface area contributed by atoms with Crippen molar-refractivity contribution in [2.24, 2.45) is 0 Å². The fourth-order valence-electron chi connectivity index (χ4n) is 5.09. The Balaban J connectivity index is 1.28. The molecular weight excluding hydrogens is 372 g/mol. The molecule has 5 rings (SSSR count). The number of carbonyl (C=O) groups is 3. The van der Waals surface area contributed by atoms with Crippen LogP contribution < -0.4 is 16.0 Å². The van der Waals surface area contributed by atoms with E-state index in [1.54, 1.807) is 4.90 Å². The summed E-state index contributed by atoms with van der Waals surface area (Å²) in [5, 5.41) is 9.29. The van der Waals surface area contributed by atoms with E-state index in [-0.39, 0.29) is 35.8 Å². The molecule has 4 heterocycles. The number of rotatable bonds is 4. The van der Waals surface area contributed by atoms with Crippen LogP contribution in [-0.4, -0.2) is 60.0 Å². The first kappa shape index (κ1) is 18.7. The number of nitrogens with zero attached hydrogens (tertiary/aromatic N) is 1. The van der Waals surface area contributed by atoms with Gasteiger partial charge < -0.3 is 20.3 Å². The number of fused-ring (bicyclic) bond motifs is 1. The van der Waals surface area contributed by atoms with Crippen LogP contribution in [0.25, 0.3) is 0 Å². The summed E-state index contributed by atoms with van der Waals surface area (Å²) in [4.78, 5) is 38.4. The summed E-state index contributed by atoms with van der Waals surface area (Å²) in [6.07, 6.45) is 2.67. The smallest absolute Gasteiger partial charge is 0.255 e. The average molecular weight is 398 g/mol. The van der Waals surface area contributed by atoms with E-state index in [0.717, 1.165) is 37.1 Å². The molecule has 29 heavy (non-hydrogen) atoms. The Labute approximate surface area is 169 Å². The number of benzene rings is 1. The van der Waals surface area contributed by atoms with Crippen LogP contribution in [0, 0.1) is 0 Å². The summed E-state index contributed by atoms with van der Waals surface area (Å²) in [5.41, 5.74) is 2.56. The molecule has 0 radical (unpaired) electrons. The summed E-state index contributed by atoms with van der Waals surface area (Å²) < 4.78 is 6.06. The Morgan fingerprint density at radius 2 is 2.17 bits per heavy atom. The van der Waals surface area contributed by atoms with Gasteiger partial charge in [-0.3, -0.25) is 19.7 Å². The Morgan fingerprint density at radius 1 is 1.28 bits per heavy atom. The lowest BCUT2D eigenvalue weighted by atomic mass is 9.97. The van der Waals surface area contributed by atoms with E-state index in [2.05, 4.69) is 16.0 Å². The molecule has 1 spiro atoms. The highest BCUT2D eigenvalue weighted by Gasteiger charge is 2.43. The third-order valence-corrected chi connectivity index (χ3v) is 6.63. The van der Waals surface area contributed by atoms with Gasteiger partial charge in [-0.25, -0.2) is 0 Å². The predicted molar refractivity (Wildman–Crippen MR) is 104 cm³/mol. The van der Waals surface area contributed by atoms with Crippen molar-refractivity contribution in [2.45, 2.75) is 56.5 Å².